The maximum Gasteiger partial charge on any atom is 0.324 e. The molecule has 0 amide bonds. The number of ether oxygens (including phenoxy) is 1. The van der Waals surface area contributed by atoms with E-state index in [0.29, 0.717) is 32.5 Å². The zero-order valence-electron chi connectivity index (χ0n) is 15.4. The van der Waals surface area contributed by atoms with Crippen LogP contribution in [0.25, 0.3) is 10.2 Å². The number of thiazole rings is 1. The molecular formula is C19H19N3O4S3. The summed E-state index contributed by atoms with van der Waals surface area (Å²) in [6.45, 7) is 1.51. The number of benzene rings is 1. The van der Waals surface area contributed by atoms with Crippen LogP contribution in [-0.2, 0) is 19.6 Å². The number of carbonyl (C=O) groups is 1. The summed E-state index contributed by atoms with van der Waals surface area (Å²) in [5.74, 6) is -0.448. The van der Waals surface area contributed by atoms with Crippen molar-refractivity contribution in [1.29, 1.82) is 0 Å². The molecule has 0 bridgehead atoms. The van der Waals surface area contributed by atoms with E-state index in [2.05, 4.69) is 9.88 Å². The minimum atomic E-state index is -3.65. The molecule has 10 heteroatoms. The number of nitrogens with zero attached hydrogens (tertiary/aromatic N) is 3. The summed E-state index contributed by atoms with van der Waals surface area (Å²) >= 11 is 2.78. The largest absolute Gasteiger partial charge is 0.457 e. The van der Waals surface area contributed by atoms with Crippen molar-refractivity contribution in [3.05, 3.63) is 41.8 Å². The molecule has 29 heavy (non-hydrogen) atoms. The smallest absolute Gasteiger partial charge is 0.324 e. The van der Waals surface area contributed by atoms with Gasteiger partial charge in [0, 0.05) is 6.54 Å². The molecule has 0 spiro atoms. The molecule has 0 N–H and O–H groups in total. The Kier molecular flexibility index (Phi) is 4.81. The van der Waals surface area contributed by atoms with Crippen molar-refractivity contribution < 1.29 is 17.9 Å². The van der Waals surface area contributed by atoms with Crippen LogP contribution in [0.5, 0.6) is 0 Å². The molecular weight excluding hydrogens is 430 g/mol. The highest BCUT2D eigenvalue weighted by Gasteiger charge is 2.42. The fourth-order valence-corrected chi connectivity index (χ4v) is 7.45. The van der Waals surface area contributed by atoms with Crippen LogP contribution in [0.2, 0.25) is 0 Å². The SMILES string of the molecule is O=C(OC1CN(c2nc3ccccc3s2)C1)C1CCCN1S(=O)(=O)c1cccs1. The first kappa shape index (κ1) is 19.0. The quantitative estimate of drug-likeness (QED) is 0.557. The molecule has 2 aliphatic rings. The first-order valence-corrected chi connectivity index (χ1v) is 12.5. The second kappa shape index (κ2) is 7.35. The lowest BCUT2D eigenvalue weighted by molar-refractivity contribution is -0.154. The summed E-state index contributed by atoms with van der Waals surface area (Å²) in [5, 5.41) is 2.64. The lowest BCUT2D eigenvalue weighted by Gasteiger charge is -2.38. The summed E-state index contributed by atoms with van der Waals surface area (Å²) in [6.07, 6.45) is 0.923. The monoisotopic (exact) mass is 449 g/mol. The van der Waals surface area contributed by atoms with Gasteiger partial charge in [0.05, 0.1) is 23.3 Å². The molecule has 2 fully saturated rings. The van der Waals surface area contributed by atoms with E-state index in [0.717, 1.165) is 15.3 Å². The highest BCUT2D eigenvalue weighted by molar-refractivity contribution is 7.91. The number of fused-ring (bicyclic) bond motifs is 1. The Balaban J connectivity index is 1.22. The van der Waals surface area contributed by atoms with E-state index in [9.17, 15) is 13.2 Å². The van der Waals surface area contributed by atoms with Crippen molar-refractivity contribution in [2.45, 2.75) is 29.2 Å². The van der Waals surface area contributed by atoms with E-state index in [4.69, 9.17) is 4.74 Å². The van der Waals surface area contributed by atoms with E-state index in [1.165, 1.54) is 15.6 Å². The third-order valence-corrected chi connectivity index (χ3v) is 9.60. The van der Waals surface area contributed by atoms with E-state index in [1.807, 2.05) is 24.3 Å². The summed E-state index contributed by atoms with van der Waals surface area (Å²) in [7, 11) is -3.65. The number of anilines is 1. The zero-order valence-corrected chi connectivity index (χ0v) is 17.9. The van der Waals surface area contributed by atoms with E-state index in [1.54, 1.807) is 28.8 Å². The van der Waals surface area contributed by atoms with E-state index >= 15 is 0 Å². The molecule has 2 aliphatic heterocycles. The van der Waals surface area contributed by atoms with Gasteiger partial charge in [0.25, 0.3) is 10.0 Å². The number of thiophene rings is 1. The standard InChI is InChI=1S/C19H19N3O4S3/c23-18(15-6-3-9-22(15)29(24,25)17-8-4-10-27-17)26-13-11-21(12-13)19-20-14-5-1-2-7-16(14)28-19/h1-2,4-5,7-8,10,13,15H,3,6,9,11-12H2. The molecule has 152 valence electrons. The number of hydrogen-bond donors (Lipinski definition) is 0. The predicted molar refractivity (Wildman–Crippen MR) is 113 cm³/mol. The topological polar surface area (TPSA) is 79.8 Å². The molecule has 0 radical (unpaired) electrons. The van der Waals surface area contributed by atoms with Crippen LogP contribution in [0.3, 0.4) is 0 Å². The number of esters is 1. The van der Waals surface area contributed by atoms with Gasteiger partial charge in [-0.25, -0.2) is 13.4 Å². The summed E-state index contributed by atoms with van der Waals surface area (Å²) in [4.78, 5) is 19.4. The van der Waals surface area contributed by atoms with Crippen molar-refractivity contribution in [3.63, 3.8) is 0 Å². The van der Waals surface area contributed by atoms with Crippen molar-refractivity contribution >= 4 is 54.0 Å². The average molecular weight is 450 g/mol. The number of carbonyl (C=O) groups excluding carboxylic acids is 1. The summed E-state index contributed by atoms with van der Waals surface area (Å²) < 4.78 is 34.0. The first-order chi connectivity index (χ1) is 14.0. The summed E-state index contributed by atoms with van der Waals surface area (Å²) in [6, 6.07) is 10.5. The molecule has 1 unspecified atom stereocenters. The molecule has 0 aliphatic carbocycles. The Bertz CT molecular complexity index is 1100. The van der Waals surface area contributed by atoms with Gasteiger partial charge in [-0.3, -0.25) is 4.79 Å². The number of rotatable bonds is 5. The van der Waals surface area contributed by atoms with Gasteiger partial charge in [0.2, 0.25) is 0 Å². The Hall–Kier alpha value is -2.01. The van der Waals surface area contributed by atoms with Crippen molar-refractivity contribution in [2.75, 3.05) is 24.5 Å². The van der Waals surface area contributed by atoms with Gasteiger partial charge in [-0.2, -0.15) is 4.31 Å². The van der Waals surface area contributed by atoms with Crippen LogP contribution in [0.15, 0.2) is 46.0 Å². The lowest BCUT2D eigenvalue weighted by atomic mass is 10.2. The maximum absolute atomic E-state index is 12.8. The fraction of sp³-hybridized carbons (Fsp3) is 0.368. The first-order valence-electron chi connectivity index (χ1n) is 9.39. The van der Waals surface area contributed by atoms with Crippen molar-refractivity contribution in [2.24, 2.45) is 0 Å². The van der Waals surface area contributed by atoms with Crippen LogP contribution < -0.4 is 4.90 Å². The van der Waals surface area contributed by atoms with Gasteiger partial charge in [0.1, 0.15) is 16.4 Å². The van der Waals surface area contributed by atoms with Crippen LogP contribution in [-0.4, -0.2) is 55.5 Å². The number of sulfonamides is 1. The Labute approximate surface area is 176 Å². The third-order valence-electron chi connectivity index (χ3n) is 5.22. The van der Waals surface area contributed by atoms with Gasteiger partial charge >= 0.3 is 5.97 Å². The van der Waals surface area contributed by atoms with Gasteiger partial charge < -0.3 is 9.64 Å². The zero-order chi connectivity index (χ0) is 20.0. The molecule has 1 aromatic carbocycles. The fourth-order valence-electron chi connectivity index (χ4n) is 3.70. The molecule has 1 atom stereocenters. The third kappa shape index (κ3) is 3.43. The molecule has 7 nitrogen and oxygen atoms in total. The summed E-state index contributed by atoms with van der Waals surface area (Å²) in [5.41, 5.74) is 0.966. The molecule has 5 rings (SSSR count). The van der Waals surface area contributed by atoms with Crippen LogP contribution in [0, 0.1) is 0 Å². The Morgan fingerprint density at radius 2 is 2.00 bits per heavy atom. The average Bonchev–Trinajstić information content (AvgIpc) is 3.43. The van der Waals surface area contributed by atoms with Crippen molar-refractivity contribution in [3.8, 4) is 0 Å². The van der Waals surface area contributed by atoms with E-state index in [-0.39, 0.29) is 10.3 Å². The Morgan fingerprint density at radius 1 is 1.17 bits per heavy atom. The van der Waals surface area contributed by atoms with Crippen LogP contribution in [0.1, 0.15) is 12.8 Å². The normalized spacial score (nSPS) is 20.8. The highest BCUT2D eigenvalue weighted by Crippen LogP contribution is 2.33. The number of aromatic nitrogens is 1. The lowest BCUT2D eigenvalue weighted by Crippen LogP contribution is -2.54. The number of hydrogen-bond acceptors (Lipinski definition) is 8. The highest BCUT2D eigenvalue weighted by atomic mass is 32.2. The maximum atomic E-state index is 12.8. The molecule has 4 heterocycles. The van der Waals surface area contributed by atoms with Gasteiger partial charge in [-0.1, -0.05) is 29.5 Å². The van der Waals surface area contributed by atoms with Gasteiger partial charge in [-0.05, 0) is 36.4 Å². The van der Waals surface area contributed by atoms with Gasteiger partial charge in [0.15, 0.2) is 5.13 Å². The molecule has 2 aromatic heterocycles. The molecule has 2 saturated heterocycles. The Morgan fingerprint density at radius 3 is 2.76 bits per heavy atom. The molecule has 3 aromatic rings. The second-order valence-corrected chi connectivity index (χ2v) is 11.2. The minimum absolute atomic E-state index is 0.235. The second-order valence-electron chi connectivity index (χ2n) is 7.13. The number of para-hydroxylation sites is 1. The molecule has 0 saturated carbocycles. The van der Waals surface area contributed by atoms with Crippen LogP contribution in [0.4, 0.5) is 5.13 Å². The van der Waals surface area contributed by atoms with E-state index < -0.39 is 22.0 Å². The predicted octanol–water partition coefficient (Wildman–Crippen LogP) is 2.94. The van der Waals surface area contributed by atoms with Gasteiger partial charge in [-0.15, -0.1) is 11.3 Å². The van der Waals surface area contributed by atoms with Crippen LogP contribution >= 0.6 is 22.7 Å². The minimum Gasteiger partial charge on any atom is -0.457 e. The van der Waals surface area contributed by atoms with Crippen molar-refractivity contribution in [1.82, 2.24) is 9.29 Å².